The van der Waals surface area contributed by atoms with Crippen molar-refractivity contribution in [1.29, 1.82) is 0 Å². The summed E-state index contributed by atoms with van der Waals surface area (Å²) >= 11 is 0. The average Bonchev–Trinajstić information content (AvgIpc) is 3.21. The zero-order valence-electron chi connectivity index (χ0n) is 15.9. The van der Waals surface area contributed by atoms with Crippen molar-refractivity contribution in [2.45, 2.75) is 4.90 Å². The maximum Gasteiger partial charge on any atom is 0.265 e. The standard InChI is InChI=1S/C20H20N4O4S/c1-27-16-7-8-19(28-2)20(13-16)29(25,26)22-18-6-4-3-5-17(18)15-9-11-24-21-10-12-23(24)14-15/h3-14,21-22H,1-2H3. The van der Waals surface area contributed by atoms with E-state index in [0.29, 0.717) is 11.4 Å². The monoisotopic (exact) mass is 412 g/mol. The summed E-state index contributed by atoms with van der Waals surface area (Å²) in [6, 6.07) is 11.9. The number of rotatable bonds is 6. The number of anilines is 1. The summed E-state index contributed by atoms with van der Waals surface area (Å²) in [5, 5.41) is 3.64. The molecule has 0 amide bonds. The van der Waals surface area contributed by atoms with Gasteiger partial charge in [0.1, 0.15) is 16.4 Å². The van der Waals surface area contributed by atoms with Crippen LogP contribution < -0.4 is 19.6 Å². The molecule has 2 aromatic rings. The van der Waals surface area contributed by atoms with Crippen LogP contribution >= 0.6 is 0 Å². The van der Waals surface area contributed by atoms with Gasteiger partial charge in [-0.1, -0.05) is 18.2 Å². The van der Waals surface area contributed by atoms with E-state index in [-0.39, 0.29) is 10.6 Å². The summed E-state index contributed by atoms with van der Waals surface area (Å²) in [5.41, 5.74) is 5.09. The molecule has 0 aromatic heterocycles. The molecular weight excluding hydrogens is 392 g/mol. The van der Waals surface area contributed by atoms with Gasteiger partial charge in [0, 0.05) is 42.0 Å². The highest BCUT2D eigenvalue weighted by Gasteiger charge is 2.23. The second-order valence-corrected chi connectivity index (χ2v) is 7.89. The Hall–Kier alpha value is -3.59. The van der Waals surface area contributed by atoms with Crippen LogP contribution in [0.15, 0.2) is 78.2 Å². The molecule has 2 heterocycles. The minimum atomic E-state index is -3.92. The Morgan fingerprint density at radius 2 is 1.86 bits per heavy atom. The van der Waals surface area contributed by atoms with Gasteiger partial charge in [-0.2, -0.15) is 5.12 Å². The number of methoxy groups -OCH3 is 2. The van der Waals surface area contributed by atoms with E-state index in [1.54, 1.807) is 35.6 Å². The number of sulfonamides is 1. The lowest BCUT2D eigenvalue weighted by Gasteiger charge is -2.28. The summed E-state index contributed by atoms with van der Waals surface area (Å²) in [6.07, 6.45) is 9.31. The first-order valence-corrected chi connectivity index (χ1v) is 10.2. The fourth-order valence-corrected chi connectivity index (χ4v) is 4.33. The van der Waals surface area contributed by atoms with Crippen molar-refractivity contribution in [2.75, 3.05) is 18.9 Å². The van der Waals surface area contributed by atoms with E-state index in [1.807, 2.05) is 41.8 Å². The van der Waals surface area contributed by atoms with Crippen molar-refractivity contribution in [3.63, 3.8) is 0 Å². The molecule has 0 radical (unpaired) electrons. The molecule has 0 saturated carbocycles. The number of ether oxygens (including phenoxy) is 2. The molecule has 2 aliphatic rings. The zero-order chi connectivity index (χ0) is 20.4. The third-order valence-electron chi connectivity index (χ3n) is 4.49. The molecular formula is C20H20N4O4S. The van der Waals surface area contributed by atoms with Crippen LogP contribution in [0.2, 0.25) is 0 Å². The average molecular weight is 412 g/mol. The molecule has 150 valence electrons. The van der Waals surface area contributed by atoms with Crippen molar-refractivity contribution < 1.29 is 17.9 Å². The van der Waals surface area contributed by atoms with Gasteiger partial charge in [-0.25, -0.2) is 13.4 Å². The van der Waals surface area contributed by atoms with Crippen molar-refractivity contribution in [3.8, 4) is 11.5 Å². The van der Waals surface area contributed by atoms with Crippen LogP contribution in [-0.2, 0) is 10.0 Å². The Morgan fingerprint density at radius 1 is 1.03 bits per heavy atom. The smallest absolute Gasteiger partial charge is 0.265 e. The van der Waals surface area contributed by atoms with Crippen molar-refractivity contribution >= 4 is 21.3 Å². The largest absolute Gasteiger partial charge is 0.497 e. The van der Waals surface area contributed by atoms with E-state index in [0.717, 1.165) is 11.1 Å². The van der Waals surface area contributed by atoms with Gasteiger partial charge >= 0.3 is 0 Å². The van der Waals surface area contributed by atoms with Crippen LogP contribution in [0.25, 0.3) is 5.57 Å². The molecule has 29 heavy (non-hydrogen) atoms. The molecule has 0 aliphatic carbocycles. The SMILES string of the molecule is COc1ccc(OC)c(S(=O)(=O)Nc2ccccc2C2=CN3C=CNN3C=C2)c1. The van der Waals surface area contributed by atoms with Crippen molar-refractivity contribution in [3.05, 3.63) is 78.9 Å². The minimum Gasteiger partial charge on any atom is -0.497 e. The van der Waals surface area contributed by atoms with Gasteiger partial charge < -0.3 is 9.47 Å². The molecule has 0 spiro atoms. The van der Waals surface area contributed by atoms with Gasteiger partial charge in [0.25, 0.3) is 10.0 Å². The highest BCUT2D eigenvalue weighted by Crippen LogP contribution is 2.33. The number of allylic oxidation sites excluding steroid dienone is 2. The Balaban J connectivity index is 1.71. The van der Waals surface area contributed by atoms with E-state index in [1.165, 1.54) is 20.3 Å². The summed E-state index contributed by atoms with van der Waals surface area (Å²) in [7, 11) is -1.02. The maximum absolute atomic E-state index is 13.1. The fraction of sp³-hybridized carbons (Fsp3) is 0.100. The summed E-state index contributed by atoms with van der Waals surface area (Å²) in [4.78, 5) is 0.000158. The van der Waals surface area contributed by atoms with Gasteiger partial charge in [-0.3, -0.25) is 10.1 Å². The predicted octanol–water partition coefficient (Wildman–Crippen LogP) is 2.88. The van der Waals surface area contributed by atoms with E-state index in [9.17, 15) is 8.42 Å². The summed E-state index contributed by atoms with van der Waals surface area (Å²) in [6.45, 7) is 0. The van der Waals surface area contributed by atoms with Crippen LogP contribution in [-0.4, -0.2) is 32.8 Å². The fourth-order valence-electron chi connectivity index (χ4n) is 3.06. The van der Waals surface area contributed by atoms with Gasteiger partial charge in [0.2, 0.25) is 0 Å². The van der Waals surface area contributed by atoms with Crippen molar-refractivity contribution in [2.24, 2.45) is 0 Å². The van der Waals surface area contributed by atoms with Gasteiger partial charge in [0.15, 0.2) is 0 Å². The van der Waals surface area contributed by atoms with Crippen LogP contribution in [0.3, 0.4) is 0 Å². The molecule has 4 rings (SSSR count). The third kappa shape index (κ3) is 3.59. The minimum absolute atomic E-state index is 0.000158. The maximum atomic E-state index is 13.1. The molecule has 2 aromatic carbocycles. The summed E-state index contributed by atoms with van der Waals surface area (Å²) in [5.74, 6) is 0.655. The van der Waals surface area contributed by atoms with Gasteiger partial charge in [-0.15, -0.1) is 0 Å². The van der Waals surface area contributed by atoms with Crippen LogP contribution in [0.1, 0.15) is 5.56 Å². The Bertz CT molecular complexity index is 1130. The first-order chi connectivity index (χ1) is 14.0. The summed E-state index contributed by atoms with van der Waals surface area (Å²) < 4.78 is 39.4. The van der Waals surface area contributed by atoms with Crippen LogP contribution in [0.4, 0.5) is 5.69 Å². The lowest BCUT2D eigenvalue weighted by Crippen LogP contribution is -2.35. The Labute approximate surface area is 169 Å². The Morgan fingerprint density at radius 3 is 2.66 bits per heavy atom. The lowest BCUT2D eigenvalue weighted by atomic mass is 10.0. The second kappa shape index (κ2) is 7.44. The van der Waals surface area contributed by atoms with Crippen LogP contribution in [0, 0.1) is 0 Å². The van der Waals surface area contributed by atoms with E-state index >= 15 is 0 Å². The number of hydrogen-bond acceptors (Lipinski definition) is 7. The third-order valence-corrected chi connectivity index (χ3v) is 5.88. The van der Waals surface area contributed by atoms with E-state index < -0.39 is 10.0 Å². The Kier molecular flexibility index (Phi) is 4.81. The van der Waals surface area contributed by atoms with Crippen molar-refractivity contribution in [1.82, 2.24) is 15.6 Å². The molecule has 9 heteroatoms. The topological polar surface area (TPSA) is 83.1 Å². The number of benzene rings is 2. The first-order valence-electron chi connectivity index (χ1n) is 8.76. The molecule has 0 bridgehead atoms. The predicted molar refractivity (Wildman–Crippen MR) is 110 cm³/mol. The van der Waals surface area contributed by atoms with Gasteiger partial charge in [0.05, 0.1) is 19.9 Å². The molecule has 0 saturated heterocycles. The number of para-hydroxylation sites is 1. The highest BCUT2D eigenvalue weighted by atomic mass is 32.2. The second-order valence-electron chi connectivity index (χ2n) is 6.24. The molecule has 0 fully saturated rings. The van der Waals surface area contributed by atoms with E-state index in [2.05, 4.69) is 10.1 Å². The lowest BCUT2D eigenvalue weighted by molar-refractivity contribution is 0.115. The van der Waals surface area contributed by atoms with Crippen LogP contribution in [0.5, 0.6) is 11.5 Å². The highest BCUT2D eigenvalue weighted by molar-refractivity contribution is 7.92. The zero-order valence-corrected chi connectivity index (χ0v) is 16.7. The molecule has 8 nitrogen and oxygen atoms in total. The van der Waals surface area contributed by atoms with Gasteiger partial charge in [-0.05, 0) is 24.3 Å². The molecule has 0 atom stereocenters. The molecule has 0 unspecified atom stereocenters. The van der Waals surface area contributed by atoms with E-state index in [4.69, 9.17) is 9.47 Å². The quantitative estimate of drug-likeness (QED) is 0.755. The molecule has 2 N–H and O–H groups in total. The molecule has 2 aliphatic heterocycles. The normalized spacial score (nSPS) is 14.9. The number of fused-ring (bicyclic) bond motifs is 1. The number of nitrogens with one attached hydrogen (secondary N) is 2. The number of hydrazine groups is 2. The number of nitrogens with zero attached hydrogens (tertiary/aromatic N) is 2. The first kappa shape index (κ1) is 18.8. The number of hydrogen-bond donors (Lipinski definition) is 2.